The van der Waals surface area contributed by atoms with Crippen LogP contribution in [-0.2, 0) is 14.3 Å². The minimum absolute atomic E-state index is 0.110. The second kappa shape index (κ2) is 7.46. The predicted octanol–water partition coefficient (Wildman–Crippen LogP) is -1.71. The number of rotatable bonds is 6. The first-order chi connectivity index (χ1) is 7.51. The number of hydrogen-bond acceptors (Lipinski definition) is 5. The Morgan fingerprint density at radius 2 is 2.00 bits per heavy atom. The van der Waals surface area contributed by atoms with E-state index in [9.17, 15) is 14.4 Å². The zero-order valence-electron chi connectivity index (χ0n) is 8.73. The van der Waals surface area contributed by atoms with Gasteiger partial charge in [-0.05, 0) is 0 Å². The van der Waals surface area contributed by atoms with Crippen LogP contribution in [-0.4, -0.2) is 54.5 Å². The van der Waals surface area contributed by atoms with Crippen LogP contribution in [0.5, 0.6) is 0 Å². The predicted molar refractivity (Wildman–Crippen MR) is 51.7 cm³/mol. The van der Waals surface area contributed by atoms with Crippen LogP contribution in [0.3, 0.4) is 0 Å². The summed E-state index contributed by atoms with van der Waals surface area (Å²) in [6, 6.07) is -2.01. The standard InChI is InChI=1S/C8H14N2O6/c1-16-6(12)4-9-8(15)10-5(2-3-11)7(13)14/h5,11H,2-4H2,1H3,(H,13,14)(H2,9,10,15). The maximum absolute atomic E-state index is 11.1. The van der Waals surface area contributed by atoms with Crippen molar-refractivity contribution in [2.75, 3.05) is 20.3 Å². The van der Waals surface area contributed by atoms with Gasteiger partial charge in [0.2, 0.25) is 0 Å². The van der Waals surface area contributed by atoms with Gasteiger partial charge in [0.1, 0.15) is 12.6 Å². The molecule has 0 aromatic rings. The Morgan fingerprint density at radius 3 is 2.44 bits per heavy atom. The molecule has 8 heteroatoms. The molecule has 0 bridgehead atoms. The molecule has 0 aliphatic heterocycles. The molecule has 0 rings (SSSR count). The monoisotopic (exact) mass is 234 g/mol. The number of ether oxygens (including phenoxy) is 1. The zero-order chi connectivity index (χ0) is 12.6. The second-order valence-corrected chi connectivity index (χ2v) is 2.81. The molecule has 0 saturated carbocycles. The van der Waals surface area contributed by atoms with E-state index in [0.29, 0.717) is 0 Å². The van der Waals surface area contributed by atoms with Gasteiger partial charge in [0.05, 0.1) is 7.11 Å². The van der Waals surface area contributed by atoms with E-state index in [1.807, 2.05) is 0 Å². The highest BCUT2D eigenvalue weighted by Gasteiger charge is 2.19. The minimum Gasteiger partial charge on any atom is -0.480 e. The smallest absolute Gasteiger partial charge is 0.326 e. The summed E-state index contributed by atoms with van der Waals surface area (Å²) in [5.41, 5.74) is 0. The number of hydrogen-bond donors (Lipinski definition) is 4. The second-order valence-electron chi connectivity index (χ2n) is 2.81. The number of aliphatic carboxylic acids is 1. The number of methoxy groups -OCH3 is 1. The van der Waals surface area contributed by atoms with Gasteiger partial charge in [0.15, 0.2) is 0 Å². The molecule has 1 atom stereocenters. The maximum atomic E-state index is 11.1. The number of carbonyl (C=O) groups is 3. The molecular weight excluding hydrogens is 220 g/mol. The van der Waals surface area contributed by atoms with Crippen molar-refractivity contribution >= 4 is 18.0 Å². The normalized spacial score (nSPS) is 11.4. The van der Waals surface area contributed by atoms with Crippen LogP contribution in [0.15, 0.2) is 0 Å². The third kappa shape index (κ3) is 5.81. The molecule has 0 aliphatic rings. The Morgan fingerprint density at radius 1 is 1.38 bits per heavy atom. The largest absolute Gasteiger partial charge is 0.480 e. The first-order valence-electron chi connectivity index (χ1n) is 4.46. The highest BCUT2D eigenvalue weighted by Crippen LogP contribution is 1.90. The van der Waals surface area contributed by atoms with E-state index in [2.05, 4.69) is 15.4 Å². The van der Waals surface area contributed by atoms with E-state index in [0.717, 1.165) is 7.11 Å². The quantitative estimate of drug-likeness (QED) is 0.406. The molecule has 92 valence electrons. The summed E-state index contributed by atoms with van der Waals surface area (Å²) in [7, 11) is 1.16. The van der Waals surface area contributed by atoms with Crippen molar-refractivity contribution in [3.8, 4) is 0 Å². The lowest BCUT2D eigenvalue weighted by atomic mass is 10.2. The van der Waals surface area contributed by atoms with Gasteiger partial charge in [0, 0.05) is 13.0 Å². The Labute approximate surface area is 91.6 Å². The van der Waals surface area contributed by atoms with Crippen molar-refractivity contribution in [1.82, 2.24) is 10.6 Å². The van der Waals surface area contributed by atoms with Crippen molar-refractivity contribution < 1.29 is 29.3 Å². The van der Waals surface area contributed by atoms with Crippen LogP contribution in [0.2, 0.25) is 0 Å². The summed E-state index contributed by atoms with van der Waals surface area (Å²) in [5, 5.41) is 21.4. The summed E-state index contributed by atoms with van der Waals surface area (Å²) in [6.07, 6.45) is -0.110. The average molecular weight is 234 g/mol. The summed E-state index contributed by atoms with van der Waals surface area (Å²) in [5.74, 6) is -1.91. The minimum atomic E-state index is -1.26. The van der Waals surface area contributed by atoms with Crippen molar-refractivity contribution in [2.24, 2.45) is 0 Å². The van der Waals surface area contributed by atoms with Gasteiger partial charge in [-0.2, -0.15) is 0 Å². The number of carboxylic acids is 1. The topological polar surface area (TPSA) is 125 Å². The Kier molecular flexibility index (Phi) is 6.61. The van der Waals surface area contributed by atoms with Crippen molar-refractivity contribution in [3.05, 3.63) is 0 Å². The maximum Gasteiger partial charge on any atom is 0.326 e. The molecule has 0 aromatic carbocycles. The van der Waals surface area contributed by atoms with E-state index in [-0.39, 0.29) is 19.6 Å². The van der Waals surface area contributed by atoms with Crippen molar-refractivity contribution in [3.63, 3.8) is 0 Å². The lowest BCUT2D eigenvalue weighted by molar-refractivity contribution is -0.139. The Hall–Kier alpha value is -1.83. The Bertz CT molecular complexity index is 267. The number of aliphatic hydroxyl groups excluding tert-OH is 1. The van der Waals surface area contributed by atoms with Crippen molar-refractivity contribution in [1.29, 1.82) is 0 Å². The third-order valence-corrected chi connectivity index (χ3v) is 1.64. The molecule has 0 fully saturated rings. The van der Waals surface area contributed by atoms with Gasteiger partial charge in [-0.25, -0.2) is 9.59 Å². The van der Waals surface area contributed by atoms with Gasteiger partial charge < -0.3 is 25.6 Å². The van der Waals surface area contributed by atoms with Gasteiger partial charge in [-0.3, -0.25) is 4.79 Å². The summed E-state index contributed by atoms with van der Waals surface area (Å²) in [6.45, 7) is -0.720. The van der Waals surface area contributed by atoms with Crippen LogP contribution in [0.4, 0.5) is 4.79 Å². The highest BCUT2D eigenvalue weighted by atomic mass is 16.5. The molecule has 4 N–H and O–H groups in total. The van der Waals surface area contributed by atoms with Gasteiger partial charge in [-0.15, -0.1) is 0 Å². The molecule has 0 saturated heterocycles. The van der Waals surface area contributed by atoms with E-state index in [1.165, 1.54) is 0 Å². The van der Waals surface area contributed by atoms with E-state index in [1.54, 1.807) is 0 Å². The SMILES string of the molecule is COC(=O)CNC(=O)NC(CCO)C(=O)O. The van der Waals surface area contributed by atoms with Gasteiger partial charge >= 0.3 is 18.0 Å². The van der Waals surface area contributed by atoms with Gasteiger partial charge in [-0.1, -0.05) is 0 Å². The fourth-order valence-electron chi connectivity index (χ4n) is 0.820. The van der Waals surface area contributed by atoms with Crippen LogP contribution in [0.25, 0.3) is 0 Å². The third-order valence-electron chi connectivity index (χ3n) is 1.64. The van der Waals surface area contributed by atoms with Gasteiger partial charge in [0.25, 0.3) is 0 Å². The number of aliphatic hydroxyl groups is 1. The molecule has 0 radical (unpaired) electrons. The fourth-order valence-corrected chi connectivity index (χ4v) is 0.820. The molecule has 0 spiro atoms. The van der Waals surface area contributed by atoms with E-state index < -0.39 is 24.0 Å². The van der Waals surface area contributed by atoms with Crippen LogP contribution >= 0.6 is 0 Å². The fraction of sp³-hybridized carbons (Fsp3) is 0.625. The molecule has 16 heavy (non-hydrogen) atoms. The van der Waals surface area contributed by atoms with Crippen LogP contribution < -0.4 is 10.6 Å². The zero-order valence-corrected chi connectivity index (χ0v) is 8.73. The molecular formula is C8H14N2O6. The number of nitrogens with one attached hydrogen (secondary N) is 2. The number of amides is 2. The van der Waals surface area contributed by atoms with E-state index in [4.69, 9.17) is 10.2 Å². The molecule has 0 aliphatic carbocycles. The summed E-state index contributed by atoms with van der Waals surface area (Å²) < 4.78 is 4.26. The molecule has 1 unspecified atom stereocenters. The first-order valence-corrected chi connectivity index (χ1v) is 4.46. The molecule has 8 nitrogen and oxygen atoms in total. The number of carbonyl (C=O) groups excluding carboxylic acids is 2. The Balaban J connectivity index is 4.00. The van der Waals surface area contributed by atoms with Crippen LogP contribution in [0, 0.1) is 0 Å². The lowest BCUT2D eigenvalue weighted by Crippen LogP contribution is -2.47. The number of urea groups is 1. The summed E-state index contributed by atoms with van der Waals surface area (Å²) >= 11 is 0. The lowest BCUT2D eigenvalue weighted by Gasteiger charge is -2.13. The summed E-state index contributed by atoms with van der Waals surface area (Å²) in [4.78, 5) is 32.3. The van der Waals surface area contributed by atoms with E-state index >= 15 is 0 Å². The number of carboxylic acid groups (broad SMARTS) is 1. The first kappa shape index (κ1) is 14.2. The molecule has 2 amide bonds. The molecule has 0 heterocycles. The average Bonchev–Trinajstić information content (AvgIpc) is 2.25. The van der Waals surface area contributed by atoms with Crippen molar-refractivity contribution in [2.45, 2.75) is 12.5 Å². The molecule has 0 aromatic heterocycles. The highest BCUT2D eigenvalue weighted by molar-refractivity contribution is 5.84. The van der Waals surface area contributed by atoms with Crippen LogP contribution in [0.1, 0.15) is 6.42 Å². The number of esters is 1.